The maximum atomic E-state index is 13.3. The third-order valence-electron chi connectivity index (χ3n) is 2.58. The molecule has 0 saturated heterocycles. The van der Waals surface area contributed by atoms with Crippen LogP contribution in [0.2, 0.25) is 5.02 Å². The Morgan fingerprint density at radius 3 is 2.41 bits per heavy atom. The number of halogens is 3. The summed E-state index contributed by atoms with van der Waals surface area (Å²) in [4.78, 5) is 0. The summed E-state index contributed by atoms with van der Waals surface area (Å²) in [5.41, 5.74) is 1.74. The minimum Gasteiger partial charge on any atom is -0.205 e. The molecule has 0 nitrogen and oxygen atoms in total. The van der Waals surface area contributed by atoms with Crippen LogP contribution in [0, 0.1) is 5.82 Å². The number of benzene rings is 2. The Balaban J connectivity index is 2.20. The van der Waals surface area contributed by atoms with Gasteiger partial charge in [-0.2, -0.15) is 0 Å². The van der Waals surface area contributed by atoms with Crippen molar-refractivity contribution in [2.24, 2.45) is 0 Å². The summed E-state index contributed by atoms with van der Waals surface area (Å²) in [5, 5.41) is -0.205. The second-order valence-electron chi connectivity index (χ2n) is 3.80. The quantitative estimate of drug-likeness (QED) is 0.688. The minimum atomic E-state index is -0.428. The number of hydrogen-bond acceptors (Lipinski definition) is 0. The molecule has 88 valence electrons. The van der Waals surface area contributed by atoms with Crippen molar-refractivity contribution < 1.29 is 4.39 Å². The molecule has 0 amide bonds. The Morgan fingerprint density at radius 2 is 1.71 bits per heavy atom. The van der Waals surface area contributed by atoms with E-state index in [9.17, 15) is 4.39 Å². The molecular formula is C14H11Cl2F. The minimum absolute atomic E-state index is 0.114. The van der Waals surface area contributed by atoms with Gasteiger partial charge in [0.15, 0.2) is 0 Å². The van der Waals surface area contributed by atoms with Gasteiger partial charge in [0.25, 0.3) is 0 Å². The lowest BCUT2D eigenvalue weighted by atomic mass is 10.0. The molecule has 0 aliphatic carbocycles. The van der Waals surface area contributed by atoms with Crippen molar-refractivity contribution in [2.75, 3.05) is 0 Å². The van der Waals surface area contributed by atoms with Crippen molar-refractivity contribution in [2.45, 2.75) is 11.8 Å². The lowest BCUT2D eigenvalue weighted by molar-refractivity contribution is 0.625. The molecular weight excluding hydrogens is 258 g/mol. The maximum absolute atomic E-state index is 13.3. The van der Waals surface area contributed by atoms with Crippen molar-refractivity contribution in [1.82, 2.24) is 0 Å². The van der Waals surface area contributed by atoms with E-state index in [0.717, 1.165) is 5.56 Å². The third-order valence-corrected chi connectivity index (χ3v) is 3.36. The van der Waals surface area contributed by atoms with Crippen molar-refractivity contribution in [3.63, 3.8) is 0 Å². The van der Waals surface area contributed by atoms with Crippen LogP contribution in [0.1, 0.15) is 16.5 Å². The molecule has 0 radical (unpaired) electrons. The average molecular weight is 269 g/mol. The Bertz CT molecular complexity index is 497. The van der Waals surface area contributed by atoms with Crippen LogP contribution >= 0.6 is 23.2 Å². The molecule has 0 aliphatic heterocycles. The number of hydrogen-bond donors (Lipinski definition) is 0. The van der Waals surface area contributed by atoms with Crippen LogP contribution in [0.5, 0.6) is 0 Å². The van der Waals surface area contributed by atoms with Gasteiger partial charge in [-0.25, -0.2) is 4.39 Å². The fraction of sp³-hybridized carbons (Fsp3) is 0.143. The van der Waals surface area contributed by atoms with Gasteiger partial charge >= 0.3 is 0 Å². The second-order valence-corrected chi connectivity index (χ2v) is 4.71. The van der Waals surface area contributed by atoms with Crippen molar-refractivity contribution in [1.29, 1.82) is 0 Å². The highest BCUT2D eigenvalue weighted by Crippen LogP contribution is 2.32. The smallest absolute Gasteiger partial charge is 0.142 e. The molecule has 0 aromatic heterocycles. The van der Waals surface area contributed by atoms with Gasteiger partial charge in [-0.15, -0.1) is 11.6 Å². The van der Waals surface area contributed by atoms with E-state index in [-0.39, 0.29) is 10.4 Å². The van der Waals surface area contributed by atoms with E-state index in [2.05, 4.69) is 0 Å². The molecule has 0 spiro atoms. The highest BCUT2D eigenvalue weighted by Gasteiger charge is 2.14. The van der Waals surface area contributed by atoms with Crippen LogP contribution in [0.15, 0.2) is 48.5 Å². The van der Waals surface area contributed by atoms with E-state index in [0.29, 0.717) is 12.0 Å². The number of alkyl halides is 1. The normalized spacial score (nSPS) is 12.4. The fourth-order valence-electron chi connectivity index (χ4n) is 1.69. The first-order chi connectivity index (χ1) is 8.18. The summed E-state index contributed by atoms with van der Waals surface area (Å²) >= 11 is 12.2. The first-order valence-electron chi connectivity index (χ1n) is 5.30. The first-order valence-corrected chi connectivity index (χ1v) is 6.12. The van der Waals surface area contributed by atoms with Gasteiger partial charge < -0.3 is 0 Å². The molecule has 2 aromatic carbocycles. The summed E-state index contributed by atoms with van der Waals surface area (Å²) in [6.45, 7) is 0. The molecule has 0 aliphatic rings. The van der Waals surface area contributed by atoms with E-state index >= 15 is 0 Å². The molecule has 0 fully saturated rings. The fourth-order valence-corrected chi connectivity index (χ4v) is 2.37. The van der Waals surface area contributed by atoms with Gasteiger partial charge in [-0.3, -0.25) is 0 Å². The van der Waals surface area contributed by atoms with Crippen LogP contribution in [-0.2, 0) is 6.42 Å². The molecule has 2 rings (SSSR count). The topological polar surface area (TPSA) is 0 Å². The lowest BCUT2D eigenvalue weighted by Crippen LogP contribution is -1.98. The van der Waals surface area contributed by atoms with Crippen LogP contribution in [0.25, 0.3) is 0 Å². The van der Waals surface area contributed by atoms with E-state index in [1.165, 1.54) is 6.07 Å². The zero-order valence-electron chi connectivity index (χ0n) is 9.04. The summed E-state index contributed by atoms with van der Waals surface area (Å²) in [7, 11) is 0. The van der Waals surface area contributed by atoms with Gasteiger partial charge in [0.2, 0.25) is 0 Å². The molecule has 1 unspecified atom stereocenters. The maximum Gasteiger partial charge on any atom is 0.142 e. The average Bonchev–Trinajstić information content (AvgIpc) is 2.34. The van der Waals surface area contributed by atoms with Gasteiger partial charge in [-0.1, -0.05) is 54.1 Å². The monoisotopic (exact) mass is 268 g/mol. The third kappa shape index (κ3) is 2.99. The zero-order valence-corrected chi connectivity index (χ0v) is 10.5. The Hall–Kier alpha value is -1.05. The van der Waals surface area contributed by atoms with E-state index < -0.39 is 5.82 Å². The molecule has 0 heterocycles. The first kappa shape index (κ1) is 12.4. The van der Waals surface area contributed by atoms with Crippen LogP contribution < -0.4 is 0 Å². The Labute approximate surface area is 110 Å². The Morgan fingerprint density at radius 1 is 1.00 bits per heavy atom. The van der Waals surface area contributed by atoms with Gasteiger partial charge in [0.1, 0.15) is 5.82 Å². The van der Waals surface area contributed by atoms with Crippen LogP contribution in [-0.4, -0.2) is 0 Å². The predicted octanol–water partition coefficient (Wildman–Crippen LogP) is 5.00. The summed E-state index contributed by atoms with van der Waals surface area (Å²) < 4.78 is 13.3. The summed E-state index contributed by atoms with van der Waals surface area (Å²) in [6.07, 6.45) is 0.631. The van der Waals surface area contributed by atoms with Crippen molar-refractivity contribution in [3.05, 3.63) is 70.5 Å². The van der Waals surface area contributed by atoms with Crippen molar-refractivity contribution in [3.8, 4) is 0 Å². The largest absolute Gasteiger partial charge is 0.205 e. The van der Waals surface area contributed by atoms with Gasteiger partial charge in [0, 0.05) is 0 Å². The molecule has 0 bridgehead atoms. The van der Waals surface area contributed by atoms with Gasteiger partial charge in [0.05, 0.1) is 10.4 Å². The summed E-state index contributed by atoms with van der Waals surface area (Å²) in [5.74, 6) is -0.428. The van der Waals surface area contributed by atoms with E-state index in [4.69, 9.17) is 23.2 Å². The molecule has 17 heavy (non-hydrogen) atoms. The summed E-state index contributed by atoms with van der Waals surface area (Å²) in [6, 6.07) is 14.5. The van der Waals surface area contributed by atoms with Crippen LogP contribution in [0.3, 0.4) is 0 Å². The SMILES string of the molecule is Fc1cccc(C(Cl)Cc2ccccc2)c1Cl. The van der Waals surface area contributed by atoms with E-state index in [1.54, 1.807) is 12.1 Å². The second kappa shape index (κ2) is 5.52. The molecule has 3 heteroatoms. The molecule has 2 aromatic rings. The molecule has 0 N–H and O–H groups in total. The van der Waals surface area contributed by atoms with Crippen LogP contribution in [0.4, 0.5) is 4.39 Å². The predicted molar refractivity (Wildman–Crippen MR) is 70.2 cm³/mol. The lowest BCUT2D eigenvalue weighted by Gasteiger charge is -2.12. The Kier molecular flexibility index (Phi) is 4.03. The highest BCUT2D eigenvalue weighted by atomic mass is 35.5. The molecule has 0 saturated carbocycles. The molecule has 1 atom stereocenters. The zero-order chi connectivity index (χ0) is 12.3. The number of rotatable bonds is 3. The van der Waals surface area contributed by atoms with Crippen molar-refractivity contribution >= 4 is 23.2 Å². The standard InChI is InChI=1S/C14H11Cl2F/c15-12(9-10-5-2-1-3-6-10)11-7-4-8-13(17)14(11)16/h1-8,12H,9H2. The highest BCUT2D eigenvalue weighted by molar-refractivity contribution is 6.33. The van der Waals surface area contributed by atoms with E-state index in [1.807, 2.05) is 30.3 Å². The van der Waals surface area contributed by atoms with Gasteiger partial charge in [-0.05, 0) is 23.6 Å².